The summed E-state index contributed by atoms with van der Waals surface area (Å²) in [5.41, 5.74) is 3.35. The Balaban J connectivity index is 1.76. The van der Waals surface area contributed by atoms with Gasteiger partial charge < -0.3 is 4.90 Å². The van der Waals surface area contributed by atoms with Gasteiger partial charge in [0, 0.05) is 30.4 Å². The average Bonchev–Trinajstić information content (AvgIpc) is 2.48. The number of hydrogen-bond acceptors (Lipinski definition) is 2. The highest BCUT2D eigenvalue weighted by atomic mass is 16.1. The zero-order valence-electron chi connectivity index (χ0n) is 11.6. The first kappa shape index (κ1) is 12.5. The van der Waals surface area contributed by atoms with Gasteiger partial charge >= 0.3 is 0 Å². The second-order valence-electron chi connectivity index (χ2n) is 5.68. The molecule has 3 saturated heterocycles. The van der Waals surface area contributed by atoms with Gasteiger partial charge in [-0.1, -0.05) is 31.2 Å². The summed E-state index contributed by atoms with van der Waals surface area (Å²) in [6.07, 6.45) is 6.59. The molecular formula is C17H21NO. The second-order valence-corrected chi connectivity index (χ2v) is 5.68. The summed E-state index contributed by atoms with van der Waals surface area (Å²) in [5, 5.41) is 0. The molecule has 0 N–H and O–H groups in total. The van der Waals surface area contributed by atoms with Crippen LogP contribution in [0.4, 0.5) is 0 Å². The summed E-state index contributed by atoms with van der Waals surface area (Å²) < 4.78 is 0. The van der Waals surface area contributed by atoms with E-state index in [9.17, 15) is 4.79 Å². The van der Waals surface area contributed by atoms with Crippen LogP contribution in [0.3, 0.4) is 0 Å². The molecule has 3 fully saturated rings. The second kappa shape index (κ2) is 5.20. The molecule has 0 saturated carbocycles. The van der Waals surface area contributed by atoms with E-state index in [1.807, 2.05) is 18.2 Å². The summed E-state index contributed by atoms with van der Waals surface area (Å²) in [5.74, 6) is 0.969. The summed E-state index contributed by atoms with van der Waals surface area (Å²) >= 11 is 0. The molecule has 0 spiro atoms. The maximum Gasteiger partial charge on any atom is 0.187 e. The van der Waals surface area contributed by atoms with Gasteiger partial charge in [-0.25, -0.2) is 0 Å². The molecule has 3 aliphatic rings. The summed E-state index contributed by atoms with van der Waals surface area (Å²) in [7, 11) is 0. The third-order valence-corrected chi connectivity index (χ3v) is 4.46. The van der Waals surface area contributed by atoms with Crippen LogP contribution in [0, 0.1) is 5.92 Å². The van der Waals surface area contributed by atoms with Crippen LogP contribution >= 0.6 is 0 Å². The molecule has 0 radical (unpaired) electrons. The molecule has 1 aromatic rings. The molecule has 19 heavy (non-hydrogen) atoms. The van der Waals surface area contributed by atoms with Crippen molar-refractivity contribution < 1.29 is 4.79 Å². The van der Waals surface area contributed by atoms with E-state index in [1.165, 1.54) is 24.1 Å². The topological polar surface area (TPSA) is 20.3 Å². The molecule has 2 bridgehead atoms. The van der Waals surface area contributed by atoms with Gasteiger partial charge in [0.2, 0.25) is 0 Å². The molecule has 0 unspecified atom stereocenters. The van der Waals surface area contributed by atoms with Gasteiger partial charge in [0.25, 0.3) is 0 Å². The molecule has 1 aromatic carbocycles. The SMILES string of the molecule is CCc1ccc(C(=O)/C=C2\CC3CCN2CC3)cc1. The number of piperidine rings is 3. The Hall–Kier alpha value is -1.57. The van der Waals surface area contributed by atoms with E-state index in [0.29, 0.717) is 0 Å². The van der Waals surface area contributed by atoms with Crippen LogP contribution in [-0.2, 0) is 6.42 Å². The van der Waals surface area contributed by atoms with E-state index in [1.54, 1.807) is 0 Å². The van der Waals surface area contributed by atoms with Crippen LogP contribution in [0.2, 0.25) is 0 Å². The number of carbonyl (C=O) groups excluding carboxylic acids is 1. The highest BCUT2D eigenvalue weighted by Gasteiger charge is 2.28. The molecule has 0 atom stereocenters. The minimum Gasteiger partial charge on any atom is -0.375 e. The van der Waals surface area contributed by atoms with E-state index >= 15 is 0 Å². The number of benzene rings is 1. The number of fused-ring (bicyclic) bond motifs is 3. The van der Waals surface area contributed by atoms with E-state index in [0.717, 1.165) is 37.4 Å². The molecule has 4 rings (SSSR count). The van der Waals surface area contributed by atoms with Gasteiger partial charge in [-0.15, -0.1) is 0 Å². The maximum atomic E-state index is 12.3. The fourth-order valence-electron chi connectivity index (χ4n) is 3.14. The predicted octanol–water partition coefficient (Wildman–Crippen LogP) is 3.43. The van der Waals surface area contributed by atoms with Crippen molar-refractivity contribution in [3.63, 3.8) is 0 Å². The number of allylic oxidation sites excluding steroid dienone is 2. The standard InChI is InChI=1S/C17H21NO/c1-2-13-3-5-15(6-4-13)17(19)12-16-11-14-7-9-18(16)10-8-14/h3-6,12,14H,2,7-11H2,1H3/b16-12+. The molecule has 2 nitrogen and oxygen atoms in total. The number of nitrogens with zero attached hydrogens (tertiary/aromatic N) is 1. The normalized spacial score (nSPS) is 21.1. The van der Waals surface area contributed by atoms with Gasteiger partial charge in [0.05, 0.1) is 0 Å². The van der Waals surface area contributed by atoms with Gasteiger partial charge in [0.15, 0.2) is 5.78 Å². The number of aryl methyl sites for hydroxylation is 1. The lowest BCUT2D eigenvalue weighted by molar-refractivity contribution is 0.103. The molecule has 0 aliphatic carbocycles. The van der Waals surface area contributed by atoms with Crippen molar-refractivity contribution in [2.24, 2.45) is 5.92 Å². The van der Waals surface area contributed by atoms with E-state index in [-0.39, 0.29) is 5.78 Å². The van der Waals surface area contributed by atoms with Crippen molar-refractivity contribution >= 4 is 5.78 Å². The minimum atomic E-state index is 0.158. The van der Waals surface area contributed by atoms with Crippen LogP contribution in [0.15, 0.2) is 36.0 Å². The lowest BCUT2D eigenvalue weighted by Crippen LogP contribution is -2.39. The summed E-state index contributed by atoms with van der Waals surface area (Å²) in [6, 6.07) is 8.02. The number of carbonyl (C=O) groups is 1. The van der Waals surface area contributed by atoms with Crippen LogP contribution < -0.4 is 0 Å². The van der Waals surface area contributed by atoms with Crippen LogP contribution in [-0.4, -0.2) is 23.8 Å². The van der Waals surface area contributed by atoms with Crippen molar-refractivity contribution in [3.05, 3.63) is 47.2 Å². The zero-order chi connectivity index (χ0) is 13.2. The van der Waals surface area contributed by atoms with Crippen LogP contribution in [0.5, 0.6) is 0 Å². The van der Waals surface area contributed by atoms with Gasteiger partial charge in [-0.3, -0.25) is 4.79 Å². The van der Waals surface area contributed by atoms with E-state index in [4.69, 9.17) is 0 Å². The Morgan fingerprint density at radius 2 is 1.95 bits per heavy atom. The predicted molar refractivity (Wildman–Crippen MR) is 77.1 cm³/mol. The summed E-state index contributed by atoms with van der Waals surface area (Å²) in [4.78, 5) is 14.7. The summed E-state index contributed by atoms with van der Waals surface area (Å²) in [6.45, 7) is 4.40. The first-order valence-corrected chi connectivity index (χ1v) is 7.35. The first-order chi connectivity index (χ1) is 9.26. The Labute approximate surface area is 115 Å². The fraction of sp³-hybridized carbons (Fsp3) is 0.471. The Morgan fingerprint density at radius 3 is 2.47 bits per heavy atom. The lowest BCUT2D eigenvalue weighted by atomic mass is 9.85. The average molecular weight is 255 g/mol. The van der Waals surface area contributed by atoms with Crippen LogP contribution in [0.1, 0.15) is 42.1 Å². The highest BCUT2D eigenvalue weighted by Crippen LogP contribution is 2.34. The minimum absolute atomic E-state index is 0.158. The molecule has 3 aliphatic heterocycles. The smallest absolute Gasteiger partial charge is 0.187 e. The molecule has 2 heteroatoms. The number of hydrogen-bond donors (Lipinski definition) is 0. The van der Waals surface area contributed by atoms with Crippen molar-refractivity contribution in [1.29, 1.82) is 0 Å². The van der Waals surface area contributed by atoms with E-state index in [2.05, 4.69) is 24.0 Å². The fourth-order valence-corrected chi connectivity index (χ4v) is 3.14. The Bertz CT molecular complexity index is 492. The van der Waals surface area contributed by atoms with Gasteiger partial charge in [-0.05, 0) is 37.2 Å². The monoisotopic (exact) mass is 255 g/mol. The van der Waals surface area contributed by atoms with Crippen molar-refractivity contribution in [1.82, 2.24) is 4.90 Å². The quantitative estimate of drug-likeness (QED) is 0.609. The molecule has 3 heterocycles. The maximum absolute atomic E-state index is 12.3. The molecular weight excluding hydrogens is 234 g/mol. The molecule has 0 amide bonds. The Morgan fingerprint density at radius 1 is 1.26 bits per heavy atom. The number of rotatable bonds is 3. The Kier molecular flexibility index (Phi) is 3.41. The van der Waals surface area contributed by atoms with E-state index < -0.39 is 0 Å². The van der Waals surface area contributed by atoms with Crippen LogP contribution in [0.25, 0.3) is 0 Å². The van der Waals surface area contributed by atoms with Gasteiger partial charge in [0.1, 0.15) is 0 Å². The van der Waals surface area contributed by atoms with Crippen molar-refractivity contribution in [2.45, 2.75) is 32.6 Å². The van der Waals surface area contributed by atoms with Gasteiger partial charge in [-0.2, -0.15) is 0 Å². The first-order valence-electron chi connectivity index (χ1n) is 7.35. The molecule has 100 valence electrons. The number of ketones is 1. The molecule has 0 aromatic heterocycles. The third kappa shape index (κ3) is 2.58. The third-order valence-electron chi connectivity index (χ3n) is 4.46. The van der Waals surface area contributed by atoms with Crippen molar-refractivity contribution in [2.75, 3.05) is 13.1 Å². The largest absolute Gasteiger partial charge is 0.375 e. The zero-order valence-corrected chi connectivity index (χ0v) is 11.6. The van der Waals surface area contributed by atoms with Crippen molar-refractivity contribution in [3.8, 4) is 0 Å². The highest BCUT2D eigenvalue weighted by molar-refractivity contribution is 6.04. The lowest BCUT2D eigenvalue weighted by Gasteiger charge is -2.42.